The number of rotatable bonds is 4. The highest BCUT2D eigenvalue weighted by Crippen LogP contribution is 2.67. The van der Waals surface area contributed by atoms with Gasteiger partial charge in [-0.1, -0.05) is 25.1 Å². The van der Waals surface area contributed by atoms with Crippen LogP contribution in [0.5, 0.6) is 0 Å². The largest absolute Gasteiger partial charge is 0.378 e. The molecule has 9 heteroatoms. The first-order valence-electron chi connectivity index (χ1n) is 9.35. The average molecular weight is 444 g/mol. The molecule has 2 N–H and O–H groups in total. The fraction of sp³-hybridized carbons (Fsp3) is 0.500. The van der Waals surface area contributed by atoms with Crippen LogP contribution in [0.25, 0.3) is 11.1 Å². The van der Waals surface area contributed by atoms with Crippen molar-refractivity contribution in [2.24, 2.45) is 10.7 Å². The minimum Gasteiger partial charge on any atom is -0.378 e. The maximum absolute atomic E-state index is 15.6. The number of alkyl halides is 4. The van der Waals surface area contributed by atoms with E-state index in [0.29, 0.717) is 16.6 Å². The Labute approximate surface area is 174 Å². The van der Waals surface area contributed by atoms with E-state index in [2.05, 4.69) is 16.9 Å². The van der Waals surface area contributed by atoms with Crippen molar-refractivity contribution in [2.45, 2.75) is 61.7 Å². The van der Waals surface area contributed by atoms with Gasteiger partial charge >= 0.3 is 0 Å². The SMILES string of the molecule is CCCc1cncc(-c2csc(C3(C)N=C(N)SC4(CC(F)(F)C4)C3(F)F)c2)c1. The first kappa shape index (κ1) is 20.7. The molecular weight excluding hydrogens is 422 g/mol. The lowest BCUT2D eigenvalue weighted by atomic mass is 9.69. The number of nitrogens with two attached hydrogens (primary N) is 1. The summed E-state index contributed by atoms with van der Waals surface area (Å²) in [4.78, 5) is 8.62. The van der Waals surface area contributed by atoms with Crippen LogP contribution >= 0.6 is 23.1 Å². The Kier molecular flexibility index (Phi) is 4.77. The van der Waals surface area contributed by atoms with Crippen molar-refractivity contribution < 1.29 is 17.6 Å². The smallest absolute Gasteiger partial charge is 0.292 e. The van der Waals surface area contributed by atoms with Gasteiger partial charge in [-0.3, -0.25) is 4.98 Å². The maximum atomic E-state index is 15.6. The third-order valence-corrected chi connectivity index (χ3v) is 8.03. The topological polar surface area (TPSA) is 51.3 Å². The highest BCUT2D eigenvalue weighted by Gasteiger charge is 2.76. The summed E-state index contributed by atoms with van der Waals surface area (Å²) < 4.78 is 56.5. The zero-order valence-electron chi connectivity index (χ0n) is 16.0. The molecule has 29 heavy (non-hydrogen) atoms. The number of aryl methyl sites for hydroxylation is 1. The highest BCUT2D eigenvalue weighted by molar-refractivity contribution is 8.15. The van der Waals surface area contributed by atoms with Gasteiger partial charge < -0.3 is 5.73 Å². The molecule has 1 atom stereocenters. The van der Waals surface area contributed by atoms with E-state index in [1.165, 1.54) is 6.92 Å². The Morgan fingerprint density at radius 1 is 1.10 bits per heavy atom. The number of aromatic nitrogens is 1. The van der Waals surface area contributed by atoms with E-state index in [1.54, 1.807) is 23.8 Å². The molecule has 3 nitrogen and oxygen atoms in total. The lowest BCUT2D eigenvalue weighted by Gasteiger charge is -2.56. The van der Waals surface area contributed by atoms with Gasteiger partial charge in [0, 0.05) is 35.7 Å². The number of thioether (sulfide) groups is 1. The van der Waals surface area contributed by atoms with Crippen LogP contribution in [0.3, 0.4) is 0 Å². The first-order valence-corrected chi connectivity index (χ1v) is 11.0. The normalized spacial score (nSPS) is 26.8. The Morgan fingerprint density at radius 3 is 2.48 bits per heavy atom. The summed E-state index contributed by atoms with van der Waals surface area (Å²) in [6.07, 6.45) is 3.54. The van der Waals surface area contributed by atoms with Crippen molar-refractivity contribution in [1.29, 1.82) is 0 Å². The molecule has 1 aliphatic carbocycles. The van der Waals surface area contributed by atoms with Crippen LogP contribution in [0.15, 0.2) is 34.9 Å². The predicted octanol–water partition coefficient (Wildman–Crippen LogP) is 5.84. The van der Waals surface area contributed by atoms with Crippen molar-refractivity contribution >= 4 is 28.3 Å². The number of amidine groups is 1. The van der Waals surface area contributed by atoms with Crippen LogP contribution < -0.4 is 5.73 Å². The molecule has 0 amide bonds. The zero-order chi connectivity index (χ0) is 21.1. The van der Waals surface area contributed by atoms with Gasteiger partial charge in [0.1, 0.15) is 4.75 Å². The lowest BCUT2D eigenvalue weighted by molar-refractivity contribution is -0.199. The quantitative estimate of drug-likeness (QED) is 0.604. The summed E-state index contributed by atoms with van der Waals surface area (Å²) in [6.45, 7) is 3.36. The minimum absolute atomic E-state index is 0.0736. The van der Waals surface area contributed by atoms with E-state index in [4.69, 9.17) is 5.73 Å². The molecule has 3 heterocycles. The number of nitrogens with zero attached hydrogens (tertiary/aromatic N) is 2. The van der Waals surface area contributed by atoms with Crippen LogP contribution in [0.4, 0.5) is 17.6 Å². The van der Waals surface area contributed by atoms with Gasteiger partial charge in [-0.2, -0.15) is 0 Å². The minimum atomic E-state index is -3.47. The summed E-state index contributed by atoms with van der Waals surface area (Å²) in [5, 5.41) is 1.70. The number of hydrogen-bond donors (Lipinski definition) is 1. The molecule has 0 bridgehead atoms. The predicted molar refractivity (Wildman–Crippen MR) is 110 cm³/mol. The molecule has 2 aliphatic rings. The molecule has 1 fully saturated rings. The fourth-order valence-electron chi connectivity index (χ4n) is 4.12. The van der Waals surface area contributed by atoms with Crippen LogP contribution in [-0.4, -0.2) is 26.7 Å². The van der Waals surface area contributed by atoms with E-state index in [9.17, 15) is 8.78 Å². The lowest BCUT2D eigenvalue weighted by Crippen LogP contribution is -2.68. The molecule has 0 aromatic carbocycles. The zero-order valence-corrected chi connectivity index (χ0v) is 17.6. The Hall–Kier alpha value is -1.61. The second-order valence-corrected chi connectivity index (χ2v) is 10.2. The third kappa shape index (κ3) is 3.17. The van der Waals surface area contributed by atoms with Crippen molar-refractivity contribution in [3.05, 3.63) is 40.3 Å². The van der Waals surface area contributed by atoms with Gasteiger partial charge in [0.05, 0.1) is 0 Å². The monoisotopic (exact) mass is 443 g/mol. The second-order valence-electron chi connectivity index (χ2n) is 7.93. The number of thiophene rings is 1. The molecule has 4 rings (SSSR count). The van der Waals surface area contributed by atoms with Crippen molar-refractivity contribution in [2.75, 3.05) is 0 Å². The highest BCUT2D eigenvalue weighted by atomic mass is 32.2. The van der Waals surface area contributed by atoms with E-state index >= 15 is 8.78 Å². The summed E-state index contributed by atoms with van der Waals surface area (Å²) in [7, 11) is 0. The first-order chi connectivity index (χ1) is 13.5. The molecule has 2 aromatic rings. The Bertz CT molecular complexity index is 964. The average Bonchev–Trinajstić information content (AvgIpc) is 3.09. The van der Waals surface area contributed by atoms with Crippen LogP contribution in [0.2, 0.25) is 0 Å². The van der Waals surface area contributed by atoms with E-state index in [0.717, 1.165) is 40.9 Å². The molecule has 1 spiro atoms. The molecule has 1 unspecified atom stereocenters. The van der Waals surface area contributed by atoms with Gasteiger partial charge in [-0.05, 0) is 42.0 Å². The number of aliphatic imine (C=N–C) groups is 1. The fourth-order valence-corrected chi connectivity index (χ4v) is 6.70. The van der Waals surface area contributed by atoms with Crippen molar-refractivity contribution in [1.82, 2.24) is 4.98 Å². The van der Waals surface area contributed by atoms with Gasteiger partial charge in [0.25, 0.3) is 11.8 Å². The maximum Gasteiger partial charge on any atom is 0.292 e. The molecule has 1 aliphatic heterocycles. The van der Waals surface area contributed by atoms with Gasteiger partial charge in [0.2, 0.25) is 0 Å². The van der Waals surface area contributed by atoms with Gasteiger partial charge in [-0.25, -0.2) is 22.6 Å². The van der Waals surface area contributed by atoms with Crippen molar-refractivity contribution in [3.8, 4) is 11.1 Å². The summed E-state index contributed by atoms with van der Waals surface area (Å²) >= 11 is 1.73. The summed E-state index contributed by atoms with van der Waals surface area (Å²) in [6, 6.07) is 3.65. The summed E-state index contributed by atoms with van der Waals surface area (Å²) in [5.74, 6) is -6.57. The third-order valence-electron chi connectivity index (χ3n) is 5.65. The molecule has 156 valence electrons. The Balaban J connectivity index is 1.73. The van der Waals surface area contributed by atoms with E-state index < -0.39 is 35.0 Å². The van der Waals surface area contributed by atoms with Crippen LogP contribution in [-0.2, 0) is 12.0 Å². The Morgan fingerprint density at radius 2 is 1.83 bits per heavy atom. The number of hydrogen-bond acceptors (Lipinski definition) is 5. The molecule has 0 saturated heterocycles. The number of pyridine rings is 1. The molecule has 2 aromatic heterocycles. The van der Waals surface area contributed by atoms with Crippen molar-refractivity contribution in [3.63, 3.8) is 0 Å². The van der Waals surface area contributed by atoms with Crippen LogP contribution in [0, 0.1) is 0 Å². The van der Waals surface area contributed by atoms with E-state index in [-0.39, 0.29) is 5.17 Å². The van der Waals surface area contributed by atoms with Crippen LogP contribution in [0.1, 0.15) is 43.6 Å². The van der Waals surface area contributed by atoms with E-state index in [1.807, 2.05) is 6.07 Å². The molecular formula is C20H21F4N3S2. The van der Waals surface area contributed by atoms with Gasteiger partial charge in [-0.15, -0.1) is 11.3 Å². The second kappa shape index (κ2) is 6.70. The molecule has 0 radical (unpaired) electrons. The summed E-state index contributed by atoms with van der Waals surface area (Å²) in [5.41, 5.74) is 6.51. The van der Waals surface area contributed by atoms with Gasteiger partial charge in [0.15, 0.2) is 10.7 Å². The standard InChI is InChI=1S/C20H21F4N3S2/c1-3-4-12-5-13(8-26-7-12)14-6-15(28-9-14)17(2)20(23,24)18(29-16(25)27-17)10-19(21,22)11-18/h5-9H,3-4,10-11H2,1-2H3,(H2,25,27). The number of halogens is 4. The molecule has 1 saturated carbocycles.